The summed E-state index contributed by atoms with van der Waals surface area (Å²) in [5, 5.41) is 16.1. The molecule has 2 N–H and O–H groups in total. The summed E-state index contributed by atoms with van der Waals surface area (Å²) in [6.07, 6.45) is -2.30. The monoisotopic (exact) mass is 455 g/mol. The first kappa shape index (κ1) is 24.2. The molecule has 0 aliphatic rings. The lowest BCUT2D eigenvalue weighted by atomic mass is 10.1. The summed E-state index contributed by atoms with van der Waals surface area (Å²) >= 11 is 1.47. The fraction of sp³-hybridized carbons (Fsp3) is 0.300. The molecule has 0 radical (unpaired) electrons. The molecule has 2 rings (SSSR count). The molecule has 166 valence electrons. The number of alkyl halides is 3. The maximum absolute atomic E-state index is 12.6. The van der Waals surface area contributed by atoms with Crippen molar-refractivity contribution in [3.05, 3.63) is 75.3 Å². The molecule has 0 bridgehead atoms. The number of carbonyl (C=O) groups is 2. The van der Waals surface area contributed by atoms with Gasteiger partial charge in [0.25, 0.3) is 11.6 Å². The number of non-ortho nitro benzene ring substituents is 1. The van der Waals surface area contributed by atoms with E-state index in [0.717, 1.165) is 18.2 Å². The first-order chi connectivity index (χ1) is 14.6. The van der Waals surface area contributed by atoms with Gasteiger partial charge in [-0.2, -0.15) is 24.9 Å². The van der Waals surface area contributed by atoms with Crippen molar-refractivity contribution in [2.75, 3.05) is 12.0 Å². The zero-order valence-electron chi connectivity index (χ0n) is 16.4. The molecule has 0 aliphatic heterocycles. The molecule has 11 heteroatoms. The number of nitrogens with one attached hydrogen (secondary N) is 2. The summed E-state index contributed by atoms with van der Waals surface area (Å²) in [4.78, 5) is 35.3. The van der Waals surface area contributed by atoms with E-state index in [2.05, 4.69) is 10.6 Å². The van der Waals surface area contributed by atoms with E-state index in [1.165, 1.54) is 42.1 Å². The van der Waals surface area contributed by atoms with Crippen LogP contribution in [-0.4, -0.2) is 34.8 Å². The second kappa shape index (κ2) is 10.8. The highest BCUT2D eigenvalue weighted by Gasteiger charge is 2.30. The molecule has 1 atom stereocenters. The second-order valence-corrected chi connectivity index (χ2v) is 7.51. The molecule has 2 aromatic carbocycles. The minimum Gasteiger partial charge on any atom is -0.350 e. The Morgan fingerprint density at radius 1 is 1.16 bits per heavy atom. The summed E-state index contributed by atoms with van der Waals surface area (Å²) < 4.78 is 37.9. The van der Waals surface area contributed by atoms with E-state index >= 15 is 0 Å². The van der Waals surface area contributed by atoms with Gasteiger partial charge in [0, 0.05) is 24.2 Å². The second-order valence-electron chi connectivity index (χ2n) is 6.53. The van der Waals surface area contributed by atoms with Crippen molar-refractivity contribution >= 4 is 29.3 Å². The highest BCUT2D eigenvalue weighted by atomic mass is 32.2. The molecule has 2 aromatic rings. The van der Waals surface area contributed by atoms with Crippen molar-refractivity contribution in [3.8, 4) is 0 Å². The van der Waals surface area contributed by atoms with E-state index in [1.807, 2.05) is 6.26 Å². The third-order valence-electron chi connectivity index (χ3n) is 4.30. The van der Waals surface area contributed by atoms with Gasteiger partial charge in [0.15, 0.2) is 0 Å². The van der Waals surface area contributed by atoms with Gasteiger partial charge >= 0.3 is 6.18 Å². The maximum Gasteiger partial charge on any atom is 0.416 e. The number of rotatable bonds is 9. The van der Waals surface area contributed by atoms with Gasteiger partial charge in [0.05, 0.1) is 10.5 Å². The third-order valence-corrected chi connectivity index (χ3v) is 4.94. The van der Waals surface area contributed by atoms with Gasteiger partial charge in [0.1, 0.15) is 6.04 Å². The van der Waals surface area contributed by atoms with Gasteiger partial charge in [0.2, 0.25) is 5.91 Å². The van der Waals surface area contributed by atoms with Crippen LogP contribution in [0.1, 0.15) is 27.9 Å². The smallest absolute Gasteiger partial charge is 0.350 e. The van der Waals surface area contributed by atoms with Crippen LogP contribution in [0.4, 0.5) is 18.9 Å². The van der Waals surface area contributed by atoms with Crippen LogP contribution in [0.2, 0.25) is 0 Å². The number of halogens is 3. The molecular weight excluding hydrogens is 435 g/mol. The highest BCUT2D eigenvalue weighted by Crippen LogP contribution is 2.29. The Labute approximate surface area is 180 Å². The van der Waals surface area contributed by atoms with E-state index in [-0.39, 0.29) is 17.8 Å². The zero-order valence-corrected chi connectivity index (χ0v) is 17.3. The minimum absolute atomic E-state index is 0.0145. The quantitative estimate of drug-likeness (QED) is 0.443. The normalized spacial score (nSPS) is 12.1. The van der Waals surface area contributed by atoms with Crippen LogP contribution in [0, 0.1) is 10.1 Å². The molecule has 0 spiro atoms. The largest absolute Gasteiger partial charge is 0.416 e. The van der Waals surface area contributed by atoms with Crippen molar-refractivity contribution in [3.63, 3.8) is 0 Å². The minimum atomic E-state index is -4.44. The van der Waals surface area contributed by atoms with Gasteiger partial charge in [-0.3, -0.25) is 19.7 Å². The van der Waals surface area contributed by atoms with Crippen LogP contribution in [0.25, 0.3) is 0 Å². The van der Waals surface area contributed by atoms with Crippen molar-refractivity contribution in [1.29, 1.82) is 0 Å². The summed E-state index contributed by atoms with van der Waals surface area (Å²) in [6.45, 7) is -0.0145. The van der Waals surface area contributed by atoms with Crippen molar-refractivity contribution < 1.29 is 27.7 Å². The third kappa shape index (κ3) is 7.28. The molecular formula is C20H20F3N3O4S. The Kier molecular flexibility index (Phi) is 8.43. The Bertz CT molecular complexity index is 936. The number of thioether (sulfide) groups is 1. The average Bonchev–Trinajstić information content (AvgIpc) is 2.74. The molecule has 2 amide bonds. The molecule has 7 nitrogen and oxygen atoms in total. The molecule has 0 heterocycles. The van der Waals surface area contributed by atoms with Gasteiger partial charge in [-0.15, -0.1) is 0 Å². The van der Waals surface area contributed by atoms with Crippen LogP contribution in [0.5, 0.6) is 0 Å². The van der Waals surface area contributed by atoms with Gasteiger partial charge < -0.3 is 10.6 Å². The SMILES string of the molecule is CSCCC(NC(=O)c1cccc([N+](=O)[O-])c1)C(=O)NCc1ccc(C(F)(F)F)cc1. The van der Waals surface area contributed by atoms with Crippen LogP contribution in [0.15, 0.2) is 48.5 Å². The predicted octanol–water partition coefficient (Wildman–Crippen LogP) is 3.78. The summed E-state index contributed by atoms with van der Waals surface area (Å²) in [7, 11) is 0. The van der Waals surface area contributed by atoms with Crippen LogP contribution in [0.3, 0.4) is 0 Å². The molecule has 0 saturated heterocycles. The number of carbonyl (C=O) groups excluding carboxylic acids is 2. The van der Waals surface area contributed by atoms with Gasteiger partial charge in [-0.1, -0.05) is 18.2 Å². The number of amides is 2. The number of nitrogens with zero attached hydrogens (tertiary/aromatic N) is 1. The van der Waals surface area contributed by atoms with E-state index in [0.29, 0.717) is 17.7 Å². The van der Waals surface area contributed by atoms with Crippen LogP contribution < -0.4 is 10.6 Å². The maximum atomic E-state index is 12.6. The van der Waals surface area contributed by atoms with E-state index in [4.69, 9.17) is 0 Å². The topological polar surface area (TPSA) is 101 Å². The van der Waals surface area contributed by atoms with Gasteiger partial charge in [-0.05, 0) is 42.2 Å². The Morgan fingerprint density at radius 2 is 1.84 bits per heavy atom. The number of nitro benzene ring substituents is 1. The number of nitro groups is 1. The van der Waals surface area contributed by atoms with Crippen molar-refractivity contribution in [2.45, 2.75) is 25.2 Å². The molecule has 1 unspecified atom stereocenters. The zero-order chi connectivity index (χ0) is 23.0. The highest BCUT2D eigenvalue weighted by molar-refractivity contribution is 7.98. The summed E-state index contributed by atoms with van der Waals surface area (Å²) in [6, 6.07) is 8.60. The first-order valence-corrected chi connectivity index (χ1v) is 10.5. The van der Waals surface area contributed by atoms with Crippen LogP contribution in [-0.2, 0) is 17.5 Å². The van der Waals surface area contributed by atoms with Crippen LogP contribution >= 0.6 is 11.8 Å². The molecule has 31 heavy (non-hydrogen) atoms. The lowest BCUT2D eigenvalue weighted by Gasteiger charge is -2.18. The fourth-order valence-electron chi connectivity index (χ4n) is 2.63. The van der Waals surface area contributed by atoms with E-state index in [1.54, 1.807) is 0 Å². The van der Waals surface area contributed by atoms with E-state index < -0.39 is 34.5 Å². The lowest BCUT2D eigenvalue weighted by Crippen LogP contribution is -2.46. The summed E-state index contributed by atoms with van der Waals surface area (Å²) in [5.74, 6) is -0.583. The number of hydrogen-bond acceptors (Lipinski definition) is 5. The fourth-order valence-corrected chi connectivity index (χ4v) is 3.10. The number of hydrogen-bond donors (Lipinski definition) is 2. The number of benzene rings is 2. The molecule has 0 fully saturated rings. The summed E-state index contributed by atoms with van der Waals surface area (Å²) in [5.41, 5.74) is -0.529. The van der Waals surface area contributed by atoms with Crippen molar-refractivity contribution in [2.24, 2.45) is 0 Å². The van der Waals surface area contributed by atoms with Gasteiger partial charge in [-0.25, -0.2) is 0 Å². The van der Waals surface area contributed by atoms with E-state index in [9.17, 15) is 32.9 Å². The average molecular weight is 455 g/mol. The first-order valence-electron chi connectivity index (χ1n) is 9.10. The Balaban J connectivity index is 2.03. The Morgan fingerprint density at radius 3 is 2.42 bits per heavy atom. The molecule has 0 saturated carbocycles. The Hall–Kier alpha value is -3.08. The predicted molar refractivity (Wildman–Crippen MR) is 111 cm³/mol. The molecule has 0 aromatic heterocycles. The molecule has 0 aliphatic carbocycles. The lowest BCUT2D eigenvalue weighted by molar-refractivity contribution is -0.384. The standard InChI is InChI=1S/C20H20F3N3O4S/c1-31-10-9-17(25-18(27)14-3-2-4-16(11-14)26(29)30)19(28)24-12-13-5-7-15(8-6-13)20(21,22)23/h2-8,11,17H,9-10,12H2,1H3,(H,24,28)(H,25,27). The van der Waals surface area contributed by atoms with Crippen molar-refractivity contribution in [1.82, 2.24) is 10.6 Å².